The summed E-state index contributed by atoms with van der Waals surface area (Å²) in [5, 5.41) is 0. The fraction of sp³-hybridized carbons (Fsp3) is 0.600. The van der Waals surface area contributed by atoms with Gasteiger partial charge in [0.05, 0.1) is 0 Å². The Labute approximate surface area is 64.6 Å². The van der Waals surface area contributed by atoms with E-state index in [9.17, 15) is 0 Å². The zero-order chi connectivity index (χ0) is 8.15. The minimum Gasteiger partial charge on any atom is -0.0959 e. The Morgan fingerprint density at radius 3 is 2.00 bits per heavy atom. The van der Waals surface area contributed by atoms with Crippen molar-refractivity contribution >= 4 is 0 Å². The summed E-state index contributed by atoms with van der Waals surface area (Å²) in [5.74, 6) is 0. The molecule has 0 amide bonds. The largest absolute Gasteiger partial charge is 0.0959 e. The first-order chi connectivity index (χ1) is 4.59. The second-order valence-electron chi connectivity index (χ2n) is 2.94. The highest BCUT2D eigenvalue weighted by molar-refractivity contribution is 5.28. The summed E-state index contributed by atoms with van der Waals surface area (Å²) in [5.41, 5.74) is 4.06. The Hall–Kier alpha value is -0.520. The van der Waals surface area contributed by atoms with Crippen molar-refractivity contribution in [2.24, 2.45) is 0 Å². The molecule has 0 aromatic heterocycles. The monoisotopic (exact) mass is 138 g/mol. The van der Waals surface area contributed by atoms with Crippen LogP contribution in [0.5, 0.6) is 0 Å². The van der Waals surface area contributed by atoms with Crippen molar-refractivity contribution in [2.45, 2.75) is 40.5 Å². The molecule has 0 radical (unpaired) electrons. The van der Waals surface area contributed by atoms with Crippen LogP contribution >= 0.6 is 0 Å². The van der Waals surface area contributed by atoms with Crippen LogP contribution in [0.15, 0.2) is 23.3 Å². The Balaban J connectivity index is 4.19. The van der Waals surface area contributed by atoms with Gasteiger partial charge in [0.1, 0.15) is 0 Å². The van der Waals surface area contributed by atoms with E-state index in [2.05, 4.69) is 34.3 Å². The molecule has 0 aromatic carbocycles. The third-order valence-electron chi connectivity index (χ3n) is 1.91. The lowest BCUT2D eigenvalue weighted by molar-refractivity contribution is 0.892. The number of rotatable bonds is 3. The van der Waals surface area contributed by atoms with E-state index in [0.717, 1.165) is 0 Å². The average Bonchev–Trinajstić information content (AvgIpc) is 1.87. The lowest BCUT2D eigenvalue weighted by Crippen LogP contribution is -1.84. The second kappa shape index (κ2) is 4.32. The van der Waals surface area contributed by atoms with Gasteiger partial charge in [-0.05, 0) is 32.8 Å². The highest BCUT2D eigenvalue weighted by Crippen LogP contribution is 2.15. The van der Waals surface area contributed by atoms with Crippen molar-refractivity contribution in [3.8, 4) is 0 Å². The van der Waals surface area contributed by atoms with Crippen molar-refractivity contribution in [1.29, 1.82) is 0 Å². The summed E-state index contributed by atoms with van der Waals surface area (Å²) >= 11 is 0. The van der Waals surface area contributed by atoms with Crippen LogP contribution in [0.2, 0.25) is 0 Å². The summed E-state index contributed by atoms with van der Waals surface area (Å²) in [7, 11) is 0. The van der Waals surface area contributed by atoms with Crippen molar-refractivity contribution in [1.82, 2.24) is 0 Å². The SMILES string of the molecule is C=C(C)/C(C)=C(/C)CCC. The summed E-state index contributed by atoms with van der Waals surface area (Å²) < 4.78 is 0. The van der Waals surface area contributed by atoms with E-state index in [-0.39, 0.29) is 0 Å². The predicted molar refractivity (Wildman–Crippen MR) is 48.1 cm³/mol. The van der Waals surface area contributed by atoms with Gasteiger partial charge in [0.2, 0.25) is 0 Å². The van der Waals surface area contributed by atoms with Crippen molar-refractivity contribution in [2.75, 3.05) is 0 Å². The van der Waals surface area contributed by atoms with Gasteiger partial charge in [-0.15, -0.1) is 0 Å². The highest BCUT2D eigenvalue weighted by Gasteiger charge is 1.94. The van der Waals surface area contributed by atoms with Gasteiger partial charge in [-0.3, -0.25) is 0 Å². The van der Waals surface area contributed by atoms with Crippen LogP contribution in [-0.4, -0.2) is 0 Å². The molecule has 0 saturated heterocycles. The molecule has 0 fully saturated rings. The summed E-state index contributed by atoms with van der Waals surface area (Å²) in [6.07, 6.45) is 2.44. The Morgan fingerprint density at radius 2 is 1.70 bits per heavy atom. The minimum absolute atomic E-state index is 1.20. The van der Waals surface area contributed by atoms with E-state index >= 15 is 0 Å². The maximum absolute atomic E-state index is 3.90. The van der Waals surface area contributed by atoms with Crippen molar-refractivity contribution in [3.63, 3.8) is 0 Å². The zero-order valence-electron chi connectivity index (χ0n) is 7.62. The normalized spacial score (nSPS) is 12.8. The van der Waals surface area contributed by atoms with Gasteiger partial charge in [0, 0.05) is 0 Å². The average molecular weight is 138 g/mol. The fourth-order valence-electron chi connectivity index (χ4n) is 0.927. The van der Waals surface area contributed by atoms with E-state index in [4.69, 9.17) is 0 Å². The van der Waals surface area contributed by atoms with E-state index in [1.807, 2.05) is 0 Å². The van der Waals surface area contributed by atoms with Gasteiger partial charge in [-0.25, -0.2) is 0 Å². The molecule has 0 heteroatoms. The van der Waals surface area contributed by atoms with Crippen molar-refractivity contribution < 1.29 is 0 Å². The Bertz CT molecular complexity index is 149. The topological polar surface area (TPSA) is 0 Å². The van der Waals surface area contributed by atoms with Crippen LogP contribution in [0.3, 0.4) is 0 Å². The first-order valence-corrected chi connectivity index (χ1v) is 3.91. The van der Waals surface area contributed by atoms with Crippen molar-refractivity contribution in [3.05, 3.63) is 23.3 Å². The van der Waals surface area contributed by atoms with Gasteiger partial charge in [0.15, 0.2) is 0 Å². The first kappa shape index (κ1) is 9.48. The molecule has 0 saturated carbocycles. The molecule has 58 valence electrons. The lowest BCUT2D eigenvalue weighted by Gasteiger charge is -2.04. The summed E-state index contributed by atoms with van der Waals surface area (Å²) in [6.45, 7) is 12.5. The summed E-state index contributed by atoms with van der Waals surface area (Å²) in [6, 6.07) is 0. The molecule has 0 atom stereocenters. The van der Waals surface area contributed by atoms with Gasteiger partial charge in [-0.2, -0.15) is 0 Å². The second-order valence-corrected chi connectivity index (χ2v) is 2.94. The number of hydrogen-bond acceptors (Lipinski definition) is 0. The van der Waals surface area contributed by atoms with E-state index in [1.54, 1.807) is 0 Å². The molecule has 0 bridgehead atoms. The fourth-order valence-corrected chi connectivity index (χ4v) is 0.927. The predicted octanol–water partition coefficient (Wildman–Crippen LogP) is 3.70. The molecule has 10 heavy (non-hydrogen) atoms. The molecular formula is C10H18. The van der Waals surface area contributed by atoms with E-state index in [1.165, 1.54) is 29.6 Å². The maximum Gasteiger partial charge on any atom is -0.0320 e. The smallest absolute Gasteiger partial charge is 0.0320 e. The third-order valence-corrected chi connectivity index (χ3v) is 1.91. The van der Waals surface area contributed by atoms with Crippen LogP contribution in [0, 0.1) is 0 Å². The molecule has 0 aliphatic rings. The quantitative estimate of drug-likeness (QED) is 0.522. The van der Waals surface area contributed by atoms with Crippen LogP contribution in [0.1, 0.15) is 40.5 Å². The zero-order valence-corrected chi connectivity index (χ0v) is 7.62. The number of allylic oxidation sites excluding steroid dienone is 3. The molecule has 0 unspecified atom stereocenters. The molecule has 0 aliphatic heterocycles. The van der Waals surface area contributed by atoms with Gasteiger partial charge in [0.25, 0.3) is 0 Å². The van der Waals surface area contributed by atoms with Gasteiger partial charge >= 0.3 is 0 Å². The lowest BCUT2D eigenvalue weighted by atomic mass is 10.0. The van der Waals surface area contributed by atoms with Gasteiger partial charge in [-0.1, -0.05) is 31.1 Å². The molecule has 0 N–H and O–H groups in total. The Kier molecular flexibility index (Phi) is 4.10. The molecule has 0 nitrogen and oxygen atoms in total. The first-order valence-electron chi connectivity index (χ1n) is 3.91. The Morgan fingerprint density at radius 1 is 1.20 bits per heavy atom. The molecule has 0 rings (SSSR count). The molecule has 0 aliphatic carbocycles. The molecule has 0 spiro atoms. The summed E-state index contributed by atoms with van der Waals surface area (Å²) in [4.78, 5) is 0. The molecule has 0 heterocycles. The standard InChI is InChI=1S/C10H18/c1-6-7-9(4)10(5)8(2)3/h2,6-7H2,1,3-5H3/b10-9-. The van der Waals surface area contributed by atoms with Gasteiger partial charge < -0.3 is 0 Å². The van der Waals surface area contributed by atoms with Crippen LogP contribution in [0.4, 0.5) is 0 Å². The molecular weight excluding hydrogens is 120 g/mol. The van der Waals surface area contributed by atoms with E-state index < -0.39 is 0 Å². The minimum atomic E-state index is 1.20. The number of hydrogen-bond donors (Lipinski definition) is 0. The third kappa shape index (κ3) is 2.86. The highest BCUT2D eigenvalue weighted by atomic mass is 14.0. The maximum atomic E-state index is 3.90. The molecule has 0 aromatic rings. The van der Waals surface area contributed by atoms with Crippen LogP contribution < -0.4 is 0 Å². The van der Waals surface area contributed by atoms with E-state index in [0.29, 0.717) is 0 Å². The van der Waals surface area contributed by atoms with Crippen LogP contribution in [-0.2, 0) is 0 Å². The van der Waals surface area contributed by atoms with Crippen LogP contribution in [0.25, 0.3) is 0 Å².